The van der Waals surface area contributed by atoms with Crippen molar-refractivity contribution in [3.63, 3.8) is 0 Å². The molecule has 0 unspecified atom stereocenters. The average Bonchev–Trinajstić information content (AvgIpc) is 3.17. The summed E-state index contributed by atoms with van der Waals surface area (Å²) in [6, 6.07) is 24.5. The molecule has 2 aromatic heterocycles. The fourth-order valence-corrected chi connectivity index (χ4v) is 4.03. The van der Waals surface area contributed by atoms with Crippen LogP contribution in [0.1, 0.15) is 0 Å². The fraction of sp³-hybridized carbons (Fsp3) is 0. The number of imidazole rings is 2. The van der Waals surface area contributed by atoms with Gasteiger partial charge in [0.1, 0.15) is 0 Å². The quantitative estimate of drug-likeness (QED) is 0.367. The van der Waals surface area contributed by atoms with Crippen molar-refractivity contribution >= 4 is 46.9 Å². The summed E-state index contributed by atoms with van der Waals surface area (Å²) in [6.07, 6.45) is 0. The van der Waals surface area contributed by atoms with Crippen LogP contribution in [-0.2, 0) is 12.6 Å². The first-order valence-corrected chi connectivity index (χ1v) is 9.13. The number of aromatic amines is 1. The van der Waals surface area contributed by atoms with Crippen LogP contribution >= 0.6 is 12.2 Å². The Labute approximate surface area is 160 Å². The Kier molecular flexibility index (Phi) is 3.48. The maximum atomic E-state index is 5.52. The number of rotatable bonds is 2. The first-order chi connectivity index (χ1) is 12.7. The van der Waals surface area contributed by atoms with E-state index in [2.05, 4.69) is 68.1 Å². The third-order valence-electron chi connectivity index (χ3n) is 4.52. The number of hydrogen-bond acceptors (Lipinski definition) is 2. The van der Waals surface area contributed by atoms with Crippen molar-refractivity contribution in [3.05, 3.63) is 77.6 Å². The van der Waals surface area contributed by atoms with Gasteiger partial charge >= 0.3 is 5.16 Å². The lowest BCUT2D eigenvalue weighted by molar-refractivity contribution is 0.922. The molecular formula is C20H15N4S2+. The second-order valence-corrected chi connectivity index (χ2v) is 6.89. The van der Waals surface area contributed by atoms with E-state index in [1.165, 1.54) is 0 Å². The zero-order chi connectivity index (χ0) is 17.7. The number of nitrogens with zero attached hydrogens (tertiary/aromatic N) is 3. The van der Waals surface area contributed by atoms with Crippen LogP contribution in [0.5, 0.6) is 0 Å². The predicted octanol–water partition coefficient (Wildman–Crippen LogP) is 4.40. The summed E-state index contributed by atoms with van der Waals surface area (Å²) in [5.74, 6) is 0. The Hall–Kier alpha value is -2.83. The Morgan fingerprint density at radius 1 is 0.769 bits per heavy atom. The molecule has 5 aromatic rings. The highest BCUT2D eigenvalue weighted by molar-refractivity contribution is 7.71. The highest BCUT2D eigenvalue weighted by Gasteiger charge is 2.13. The summed E-state index contributed by atoms with van der Waals surface area (Å²) in [6.45, 7) is 0. The molecule has 3 aromatic carbocycles. The zero-order valence-electron chi connectivity index (χ0n) is 13.7. The highest BCUT2D eigenvalue weighted by Crippen LogP contribution is 2.24. The van der Waals surface area contributed by atoms with Gasteiger partial charge in [-0.15, -0.1) is 0 Å². The zero-order valence-corrected chi connectivity index (χ0v) is 15.5. The first kappa shape index (κ1) is 15.4. The molecule has 0 aliphatic rings. The molecule has 0 atom stereocenters. The van der Waals surface area contributed by atoms with Gasteiger partial charge in [-0.05, 0) is 60.7 Å². The molecule has 26 heavy (non-hydrogen) atoms. The molecule has 0 aliphatic heterocycles. The summed E-state index contributed by atoms with van der Waals surface area (Å²) in [5.41, 5.74) is 6.19. The molecule has 126 valence electrons. The van der Waals surface area contributed by atoms with Crippen LogP contribution < -0.4 is 0 Å². The third-order valence-corrected chi connectivity index (χ3v) is 5.14. The molecule has 0 amide bonds. The predicted molar refractivity (Wildman–Crippen MR) is 112 cm³/mol. The van der Waals surface area contributed by atoms with E-state index in [-0.39, 0.29) is 0 Å². The SMILES string of the molecule is S=c1[nH]c2ccccc2n1-c1ccc(-n2c([SH2+])nc3ccccc32)cc1. The maximum absolute atomic E-state index is 5.52. The first-order valence-electron chi connectivity index (χ1n) is 8.22. The molecule has 0 fully saturated rings. The van der Waals surface area contributed by atoms with Crippen molar-refractivity contribution in [1.29, 1.82) is 0 Å². The summed E-state index contributed by atoms with van der Waals surface area (Å²) in [4.78, 5) is 7.82. The van der Waals surface area contributed by atoms with E-state index in [0.717, 1.165) is 38.6 Å². The summed E-state index contributed by atoms with van der Waals surface area (Å²) < 4.78 is 4.83. The molecule has 2 heterocycles. The van der Waals surface area contributed by atoms with Gasteiger partial charge in [0.25, 0.3) is 0 Å². The van der Waals surface area contributed by atoms with Crippen molar-refractivity contribution in [2.24, 2.45) is 0 Å². The minimum atomic E-state index is 0.688. The lowest BCUT2D eigenvalue weighted by Gasteiger charge is -2.08. The van der Waals surface area contributed by atoms with Gasteiger partial charge in [0, 0.05) is 18.3 Å². The number of aromatic nitrogens is 4. The molecule has 6 heteroatoms. The Bertz CT molecular complexity index is 1310. The minimum Gasteiger partial charge on any atom is -0.330 e. The molecule has 5 rings (SSSR count). The molecule has 4 nitrogen and oxygen atoms in total. The number of para-hydroxylation sites is 4. The molecule has 0 saturated carbocycles. The number of benzene rings is 3. The molecular weight excluding hydrogens is 360 g/mol. The normalized spacial score (nSPS) is 11.4. The fourth-order valence-electron chi connectivity index (χ4n) is 3.35. The Balaban J connectivity index is 1.66. The van der Waals surface area contributed by atoms with Crippen LogP contribution in [-0.4, -0.2) is 19.1 Å². The summed E-state index contributed by atoms with van der Waals surface area (Å²) in [7, 11) is 0. The number of fused-ring (bicyclic) bond motifs is 2. The number of nitrogens with one attached hydrogen (secondary N) is 1. The molecule has 1 N–H and O–H groups in total. The van der Waals surface area contributed by atoms with Gasteiger partial charge in [-0.2, -0.15) is 4.98 Å². The van der Waals surface area contributed by atoms with Gasteiger partial charge < -0.3 is 4.98 Å². The van der Waals surface area contributed by atoms with Crippen molar-refractivity contribution in [3.8, 4) is 11.4 Å². The van der Waals surface area contributed by atoms with Crippen molar-refractivity contribution in [2.45, 2.75) is 5.16 Å². The van der Waals surface area contributed by atoms with Crippen LogP contribution in [0.25, 0.3) is 33.4 Å². The standard InChI is InChI=1S/C20H14N4S2/c25-19-21-15-5-1-3-7-17(15)23(19)13-9-11-14(12-10-13)24-18-8-4-2-6-16(18)22-20(24)26/h1-12H,(H,21,25)(H,22,26)/p+1. The Morgan fingerprint density at radius 3 is 2.15 bits per heavy atom. The molecule has 0 spiro atoms. The molecule has 0 aliphatic carbocycles. The van der Waals surface area contributed by atoms with Gasteiger partial charge in [-0.25, -0.2) is 0 Å². The van der Waals surface area contributed by atoms with Gasteiger partial charge in [-0.3, -0.25) is 9.13 Å². The Morgan fingerprint density at radius 2 is 1.38 bits per heavy atom. The van der Waals surface area contributed by atoms with Crippen LogP contribution in [0, 0.1) is 4.77 Å². The second-order valence-electron chi connectivity index (χ2n) is 6.06. The van der Waals surface area contributed by atoms with Crippen molar-refractivity contribution in [1.82, 2.24) is 19.1 Å². The van der Waals surface area contributed by atoms with E-state index in [4.69, 9.17) is 12.2 Å². The number of H-pyrrole nitrogens is 1. The lowest BCUT2D eigenvalue weighted by Crippen LogP contribution is -1.98. The van der Waals surface area contributed by atoms with Gasteiger partial charge in [0.15, 0.2) is 4.77 Å². The largest absolute Gasteiger partial charge is 0.330 e. The van der Waals surface area contributed by atoms with Gasteiger partial charge in [0.05, 0.1) is 27.8 Å². The minimum absolute atomic E-state index is 0.688. The monoisotopic (exact) mass is 375 g/mol. The third kappa shape index (κ3) is 2.30. The lowest BCUT2D eigenvalue weighted by atomic mass is 10.2. The van der Waals surface area contributed by atoms with Crippen LogP contribution in [0.4, 0.5) is 0 Å². The molecule has 0 radical (unpaired) electrons. The van der Waals surface area contributed by atoms with E-state index in [1.807, 2.05) is 36.4 Å². The second kappa shape index (κ2) is 5.86. The summed E-state index contributed by atoms with van der Waals surface area (Å²) in [5, 5.41) is 0.780. The van der Waals surface area contributed by atoms with Gasteiger partial charge in [0.2, 0.25) is 0 Å². The van der Waals surface area contributed by atoms with E-state index in [1.54, 1.807) is 0 Å². The summed E-state index contributed by atoms with van der Waals surface area (Å²) >= 11 is 9.15. The topological polar surface area (TPSA) is 38.5 Å². The van der Waals surface area contributed by atoms with Crippen LogP contribution in [0.3, 0.4) is 0 Å². The highest BCUT2D eigenvalue weighted by atomic mass is 32.1. The van der Waals surface area contributed by atoms with E-state index in [0.29, 0.717) is 4.77 Å². The van der Waals surface area contributed by atoms with Crippen LogP contribution in [0.2, 0.25) is 0 Å². The average molecular weight is 376 g/mol. The smallest absolute Gasteiger partial charge is 0.326 e. The molecule has 0 bridgehead atoms. The van der Waals surface area contributed by atoms with E-state index in [9.17, 15) is 0 Å². The molecule has 0 saturated heterocycles. The van der Waals surface area contributed by atoms with Crippen molar-refractivity contribution in [2.75, 3.05) is 0 Å². The van der Waals surface area contributed by atoms with E-state index < -0.39 is 0 Å². The van der Waals surface area contributed by atoms with Crippen LogP contribution in [0.15, 0.2) is 78.0 Å². The van der Waals surface area contributed by atoms with Gasteiger partial charge in [-0.1, -0.05) is 24.3 Å². The number of hydrogen-bond donors (Lipinski definition) is 1. The van der Waals surface area contributed by atoms with E-state index >= 15 is 0 Å². The van der Waals surface area contributed by atoms with Crippen molar-refractivity contribution < 1.29 is 0 Å². The maximum Gasteiger partial charge on any atom is 0.326 e.